The SMILES string of the molecule is CC(C)(C)C(=O)OCn1cc(-c2ccc(N)c(F)c2F)nn1. The number of carbonyl (C=O) groups is 1. The van der Waals surface area contributed by atoms with E-state index in [-0.39, 0.29) is 23.7 Å². The van der Waals surface area contributed by atoms with Crippen LogP contribution in [0.15, 0.2) is 18.3 Å². The van der Waals surface area contributed by atoms with Crippen LogP contribution in [-0.4, -0.2) is 21.0 Å². The third-order valence-corrected chi connectivity index (χ3v) is 2.87. The Morgan fingerprint density at radius 2 is 2.00 bits per heavy atom. The maximum atomic E-state index is 13.8. The first-order valence-electron chi connectivity index (χ1n) is 6.51. The molecule has 0 atom stereocenters. The summed E-state index contributed by atoms with van der Waals surface area (Å²) in [5, 5.41) is 7.44. The van der Waals surface area contributed by atoms with Crippen molar-refractivity contribution in [1.82, 2.24) is 15.0 Å². The maximum absolute atomic E-state index is 13.8. The molecule has 1 heterocycles. The summed E-state index contributed by atoms with van der Waals surface area (Å²) in [6.45, 7) is 4.99. The Labute approximate surface area is 125 Å². The van der Waals surface area contributed by atoms with E-state index in [0.717, 1.165) is 0 Å². The van der Waals surface area contributed by atoms with Gasteiger partial charge in [0.15, 0.2) is 18.4 Å². The van der Waals surface area contributed by atoms with Crippen LogP contribution in [0.5, 0.6) is 0 Å². The van der Waals surface area contributed by atoms with Crippen molar-refractivity contribution in [2.75, 3.05) is 5.73 Å². The highest BCUT2D eigenvalue weighted by Gasteiger charge is 2.23. The Morgan fingerprint density at radius 3 is 2.64 bits per heavy atom. The minimum atomic E-state index is -1.13. The molecular formula is C14H16F2N4O2. The molecule has 2 N–H and O–H groups in total. The van der Waals surface area contributed by atoms with Gasteiger partial charge in [0.25, 0.3) is 0 Å². The molecule has 0 saturated carbocycles. The van der Waals surface area contributed by atoms with Gasteiger partial charge in [0.05, 0.1) is 17.3 Å². The fourth-order valence-electron chi connectivity index (χ4n) is 1.59. The third-order valence-electron chi connectivity index (χ3n) is 2.87. The van der Waals surface area contributed by atoms with E-state index in [1.807, 2.05) is 0 Å². The number of rotatable bonds is 3. The minimum Gasteiger partial charge on any atom is -0.442 e. The number of halogens is 2. The van der Waals surface area contributed by atoms with Gasteiger partial charge in [-0.1, -0.05) is 5.21 Å². The molecule has 118 valence electrons. The fraction of sp³-hybridized carbons (Fsp3) is 0.357. The fourth-order valence-corrected chi connectivity index (χ4v) is 1.59. The third kappa shape index (κ3) is 3.21. The standard InChI is InChI=1S/C14H16F2N4O2/c1-14(2,3)13(21)22-7-20-6-10(18-19-20)8-4-5-9(17)12(16)11(8)15/h4-6H,7,17H2,1-3H3. The van der Waals surface area contributed by atoms with Gasteiger partial charge in [-0.2, -0.15) is 0 Å². The lowest BCUT2D eigenvalue weighted by molar-refractivity contribution is -0.157. The Kier molecular flexibility index (Phi) is 4.11. The topological polar surface area (TPSA) is 83.0 Å². The average molecular weight is 310 g/mol. The van der Waals surface area contributed by atoms with Crippen molar-refractivity contribution in [1.29, 1.82) is 0 Å². The summed E-state index contributed by atoms with van der Waals surface area (Å²) >= 11 is 0. The summed E-state index contributed by atoms with van der Waals surface area (Å²) < 4.78 is 33.5. The predicted molar refractivity (Wildman–Crippen MR) is 75.3 cm³/mol. The number of anilines is 1. The summed E-state index contributed by atoms with van der Waals surface area (Å²) in [6.07, 6.45) is 1.35. The normalized spacial score (nSPS) is 11.5. The Morgan fingerprint density at radius 1 is 1.32 bits per heavy atom. The van der Waals surface area contributed by atoms with Crippen LogP contribution in [0.4, 0.5) is 14.5 Å². The van der Waals surface area contributed by atoms with Crippen LogP contribution in [0, 0.1) is 17.0 Å². The number of nitrogens with two attached hydrogens (primary N) is 1. The number of nitrogens with zero attached hydrogens (tertiary/aromatic N) is 3. The van der Waals surface area contributed by atoms with E-state index in [9.17, 15) is 13.6 Å². The van der Waals surface area contributed by atoms with Gasteiger partial charge < -0.3 is 10.5 Å². The van der Waals surface area contributed by atoms with Crippen LogP contribution in [0.25, 0.3) is 11.3 Å². The zero-order chi connectivity index (χ0) is 16.5. The van der Waals surface area contributed by atoms with Gasteiger partial charge in [-0.15, -0.1) is 5.10 Å². The number of nitrogen functional groups attached to an aromatic ring is 1. The molecule has 1 aromatic carbocycles. The molecule has 0 aliphatic rings. The van der Waals surface area contributed by atoms with Crippen LogP contribution < -0.4 is 5.73 Å². The van der Waals surface area contributed by atoms with E-state index < -0.39 is 23.0 Å². The second-order valence-corrected chi connectivity index (χ2v) is 5.78. The molecule has 8 heteroatoms. The first kappa shape index (κ1) is 15.9. The van der Waals surface area contributed by atoms with Crippen LogP contribution in [-0.2, 0) is 16.3 Å². The van der Waals surface area contributed by atoms with Gasteiger partial charge in [0.1, 0.15) is 5.69 Å². The summed E-state index contributed by atoms with van der Waals surface area (Å²) in [7, 11) is 0. The van der Waals surface area contributed by atoms with Crippen LogP contribution in [0.2, 0.25) is 0 Å². The molecule has 1 aromatic heterocycles. The lowest BCUT2D eigenvalue weighted by Gasteiger charge is -2.15. The number of esters is 1. The summed E-state index contributed by atoms with van der Waals surface area (Å²) in [5.74, 6) is -2.64. The highest BCUT2D eigenvalue weighted by molar-refractivity contribution is 5.75. The molecule has 0 aliphatic heterocycles. The van der Waals surface area contributed by atoms with Gasteiger partial charge in [0, 0.05) is 5.56 Å². The molecule has 0 aliphatic carbocycles. The molecule has 0 unspecified atom stereocenters. The Hall–Kier alpha value is -2.51. The molecule has 0 fully saturated rings. The van der Waals surface area contributed by atoms with Gasteiger partial charge in [-0.25, -0.2) is 13.5 Å². The number of hydrogen-bond acceptors (Lipinski definition) is 5. The number of benzene rings is 1. The van der Waals surface area contributed by atoms with Crippen LogP contribution in [0.3, 0.4) is 0 Å². The number of aromatic nitrogens is 3. The molecule has 0 amide bonds. The number of hydrogen-bond donors (Lipinski definition) is 1. The zero-order valence-electron chi connectivity index (χ0n) is 12.4. The highest BCUT2D eigenvalue weighted by atomic mass is 19.2. The van der Waals surface area contributed by atoms with Gasteiger partial charge >= 0.3 is 5.97 Å². The average Bonchev–Trinajstić information content (AvgIpc) is 2.90. The molecule has 2 rings (SSSR count). The lowest BCUT2D eigenvalue weighted by Crippen LogP contribution is -2.24. The molecule has 6 nitrogen and oxygen atoms in total. The van der Waals surface area contributed by atoms with Crippen molar-refractivity contribution >= 4 is 11.7 Å². The van der Waals surface area contributed by atoms with E-state index in [1.165, 1.54) is 23.0 Å². The second kappa shape index (κ2) is 5.70. The molecular weight excluding hydrogens is 294 g/mol. The van der Waals surface area contributed by atoms with Crippen molar-refractivity contribution in [2.45, 2.75) is 27.5 Å². The Balaban J connectivity index is 2.16. The summed E-state index contributed by atoms with van der Waals surface area (Å²) in [6, 6.07) is 2.55. The van der Waals surface area contributed by atoms with Crippen molar-refractivity contribution in [3.63, 3.8) is 0 Å². The molecule has 0 radical (unpaired) electrons. The number of carbonyl (C=O) groups excluding carboxylic acids is 1. The van der Waals surface area contributed by atoms with Crippen molar-refractivity contribution in [3.8, 4) is 11.3 Å². The largest absolute Gasteiger partial charge is 0.442 e. The van der Waals surface area contributed by atoms with Crippen molar-refractivity contribution < 1.29 is 18.3 Å². The minimum absolute atomic E-state index is 0.0694. The van der Waals surface area contributed by atoms with E-state index >= 15 is 0 Å². The smallest absolute Gasteiger partial charge is 0.313 e. The van der Waals surface area contributed by atoms with Crippen molar-refractivity contribution in [2.24, 2.45) is 5.41 Å². The van der Waals surface area contributed by atoms with Gasteiger partial charge in [-0.3, -0.25) is 4.79 Å². The van der Waals surface area contributed by atoms with Gasteiger partial charge in [-0.05, 0) is 32.9 Å². The van der Waals surface area contributed by atoms with E-state index in [0.29, 0.717) is 0 Å². The van der Waals surface area contributed by atoms with Crippen molar-refractivity contribution in [3.05, 3.63) is 30.0 Å². The highest BCUT2D eigenvalue weighted by Crippen LogP contribution is 2.25. The monoisotopic (exact) mass is 310 g/mol. The zero-order valence-corrected chi connectivity index (χ0v) is 12.4. The molecule has 0 spiro atoms. The van der Waals surface area contributed by atoms with Crippen LogP contribution >= 0.6 is 0 Å². The molecule has 22 heavy (non-hydrogen) atoms. The first-order valence-corrected chi connectivity index (χ1v) is 6.51. The Bertz CT molecular complexity index is 707. The van der Waals surface area contributed by atoms with E-state index in [4.69, 9.17) is 10.5 Å². The van der Waals surface area contributed by atoms with E-state index in [1.54, 1.807) is 20.8 Å². The van der Waals surface area contributed by atoms with E-state index in [2.05, 4.69) is 10.3 Å². The predicted octanol–water partition coefficient (Wildman–Crippen LogP) is 2.35. The lowest BCUT2D eigenvalue weighted by atomic mass is 9.98. The van der Waals surface area contributed by atoms with Gasteiger partial charge in [0.2, 0.25) is 0 Å². The molecule has 0 saturated heterocycles. The molecule has 0 bridgehead atoms. The summed E-state index contributed by atoms with van der Waals surface area (Å²) in [4.78, 5) is 11.6. The second-order valence-electron chi connectivity index (χ2n) is 5.78. The quantitative estimate of drug-likeness (QED) is 0.695. The summed E-state index contributed by atoms with van der Waals surface area (Å²) in [5.41, 5.74) is 4.40. The van der Waals surface area contributed by atoms with Crippen LogP contribution in [0.1, 0.15) is 20.8 Å². The molecule has 2 aromatic rings. The first-order chi connectivity index (χ1) is 10.2. The maximum Gasteiger partial charge on any atom is 0.313 e. The number of ether oxygens (including phenoxy) is 1.